The molecular weight excluding hydrogens is 423 g/mol. The second-order valence-electron chi connectivity index (χ2n) is 7.57. The zero-order valence-corrected chi connectivity index (χ0v) is 19.3. The third kappa shape index (κ3) is 6.64. The first kappa shape index (κ1) is 24.0. The number of benzene rings is 2. The number of methoxy groups -OCH3 is 1. The lowest BCUT2D eigenvalue weighted by Crippen LogP contribution is -2.48. The van der Waals surface area contributed by atoms with Gasteiger partial charge in [-0.3, -0.25) is 9.59 Å². The smallest absolute Gasteiger partial charge is 0.242 e. The van der Waals surface area contributed by atoms with E-state index in [2.05, 4.69) is 5.32 Å². The maximum absolute atomic E-state index is 13.3. The highest BCUT2D eigenvalue weighted by molar-refractivity contribution is 6.36. The second-order valence-corrected chi connectivity index (χ2v) is 8.38. The van der Waals surface area contributed by atoms with E-state index in [1.807, 2.05) is 38.1 Å². The van der Waals surface area contributed by atoms with Gasteiger partial charge in [-0.2, -0.15) is 0 Å². The molecule has 2 amide bonds. The molecule has 0 radical (unpaired) electrons. The molecule has 0 bridgehead atoms. The van der Waals surface area contributed by atoms with E-state index in [1.54, 1.807) is 37.1 Å². The Morgan fingerprint density at radius 3 is 2.30 bits per heavy atom. The van der Waals surface area contributed by atoms with E-state index in [9.17, 15) is 9.59 Å². The highest BCUT2D eigenvalue weighted by atomic mass is 35.5. The van der Waals surface area contributed by atoms with Crippen molar-refractivity contribution in [2.45, 2.75) is 39.8 Å². The molecule has 0 saturated carbocycles. The lowest BCUT2D eigenvalue weighted by Gasteiger charge is -2.29. The number of nitrogens with one attached hydrogen (secondary N) is 1. The van der Waals surface area contributed by atoms with E-state index < -0.39 is 6.04 Å². The summed E-state index contributed by atoms with van der Waals surface area (Å²) in [6.07, 6.45) is 0.00424. The van der Waals surface area contributed by atoms with E-state index >= 15 is 0 Å². The summed E-state index contributed by atoms with van der Waals surface area (Å²) in [5.74, 6) is 0.557. The summed E-state index contributed by atoms with van der Waals surface area (Å²) in [5, 5.41) is 3.75. The molecule has 1 N–H and O–H groups in total. The van der Waals surface area contributed by atoms with Crippen LogP contribution in [0.1, 0.15) is 31.9 Å². The Labute approximate surface area is 188 Å². The normalized spacial score (nSPS) is 11.8. The molecule has 0 heterocycles. The van der Waals surface area contributed by atoms with Crippen LogP contribution in [0.4, 0.5) is 0 Å². The van der Waals surface area contributed by atoms with Gasteiger partial charge in [0.1, 0.15) is 11.8 Å². The first-order valence-corrected chi connectivity index (χ1v) is 10.6. The average Bonchev–Trinajstić information content (AvgIpc) is 2.72. The van der Waals surface area contributed by atoms with E-state index in [0.717, 1.165) is 5.56 Å². The number of rotatable bonds is 9. The fourth-order valence-electron chi connectivity index (χ4n) is 2.96. The zero-order valence-electron chi connectivity index (χ0n) is 17.7. The molecule has 1 unspecified atom stereocenters. The number of halogens is 2. The molecule has 5 nitrogen and oxygen atoms in total. The number of nitrogens with zero attached hydrogens (tertiary/aromatic N) is 1. The number of hydrogen-bond acceptors (Lipinski definition) is 3. The van der Waals surface area contributed by atoms with E-state index in [-0.39, 0.29) is 24.8 Å². The van der Waals surface area contributed by atoms with Crippen molar-refractivity contribution in [2.24, 2.45) is 5.92 Å². The van der Waals surface area contributed by atoms with E-state index in [4.69, 9.17) is 27.9 Å². The van der Waals surface area contributed by atoms with Crippen LogP contribution in [0.5, 0.6) is 5.75 Å². The molecule has 30 heavy (non-hydrogen) atoms. The molecule has 2 rings (SSSR count). The van der Waals surface area contributed by atoms with Crippen LogP contribution in [-0.4, -0.2) is 36.4 Å². The van der Waals surface area contributed by atoms with E-state index in [0.29, 0.717) is 33.8 Å². The number of carbonyl (C=O) groups is 2. The van der Waals surface area contributed by atoms with Gasteiger partial charge in [0.2, 0.25) is 11.8 Å². The molecule has 1 atom stereocenters. The fourth-order valence-corrected chi connectivity index (χ4v) is 3.49. The molecule has 2 aromatic rings. The molecule has 0 aliphatic heterocycles. The van der Waals surface area contributed by atoms with Crippen molar-refractivity contribution in [3.63, 3.8) is 0 Å². The predicted molar refractivity (Wildman–Crippen MR) is 121 cm³/mol. The number of carbonyl (C=O) groups excluding carboxylic acids is 2. The van der Waals surface area contributed by atoms with Gasteiger partial charge in [0.05, 0.1) is 13.5 Å². The minimum absolute atomic E-state index is 0.00424. The monoisotopic (exact) mass is 450 g/mol. The Bertz CT molecular complexity index is 866. The first-order chi connectivity index (χ1) is 14.2. The maximum Gasteiger partial charge on any atom is 0.242 e. The molecule has 0 aliphatic rings. The molecule has 0 saturated heterocycles. The van der Waals surface area contributed by atoms with Gasteiger partial charge >= 0.3 is 0 Å². The minimum atomic E-state index is -0.663. The number of hydrogen-bond donors (Lipinski definition) is 1. The minimum Gasteiger partial charge on any atom is -0.497 e. The summed E-state index contributed by atoms with van der Waals surface area (Å²) in [7, 11) is 1.59. The quantitative estimate of drug-likeness (QED) is 0.600. The van der Waals surface area contributed by atoms with E-state index in [1.165, 1.54) is 0 Å². The Kier molecular flexibility index (Phi) is 9.00. The summed E-state index contributed by atoms with van der Waals surface area (Å²) in [4.78, 5) is 27.5. The summed E-state index contributed by atoms with van der Waals surface area (Å²) in [6.45, 7) is 6.56. The third-order valence-corrected chi connectivity index (χ3v) is 5.44. The number of amides is 2. The van der Waals surface area contributed by atoms with Gasteiger partial charge in [0.25, 0.3) is 0 Å². The van der Waals surface area contributed by atoms with Crippen LogP contribution in [0.2, 0.25) is 10.0 Å². The van der Waals surface area contributed by atoms with Crippen molar-refractivity contribution in [3.8, 4) is 5.75 Å². The topological polar surface area (TPSA) is 58.6 Å². The van der Waals surface area contributed by atoms with Crippen molar-refractivity contribution in [3.05, 3.63) is 63.6 Å². The van der Waals surface area contributed by atoms with Crippen LogP contribution in [0.3, 0.4) is 0 Å². The molecule has 0 spiro atoms. The standard InChI is InChI=1S/C23H28Cl2N2O3/c1-15(2)13-26-23(29)16(3)27(14-17-7-5-8-18(11-17)30-4)22(28)12-19-20(24)9-6-10-21(19)25/h5-11,15-16H,12-14H2,1-4H3,(H,26,29). The molecule has 162 valence electrons. The Morgan fingerprint density at radius 2 is 1.70 bits per heavy atom. The summed E-state index contributed by atoms with van der Waals surface area (Å²) < 4.78 is 5.28. The lowest BCUT2D eigenvalue weighted by atomic mass is 10.1. The van der Waals surface area contributed by atoms with Crippen molar-refractivity contribution in [2.75, 3.05) is 13.7 Å². The van der Waals surface area contributed by atoms with Crippen LogP contribution in [-0.2, 0) is 22.6 Å². The largest absolute Gasteiger partial charge is 0.497 e. The summed E-state index contributed by atoms with van der Waals surface area (Å²) in [6, 6.07) is 11.9. The second kappa shape index (κ2) is 11.2. The van der Waals surface area contributed by atoms with Crippen LogP contribution in [0.15, 0.2) is 42.5 Å². The van der Waals surface area contributed by atoms with Gasteiger partial charge in [0, 0.05) is 23.1 Å². The van der Waals surface area contributed by atoms with Crippen LogP contribution in [0, 0.1) is 5.92 Å². The first-order valence-electron chi connectivity index (χ1n) is 9.86. The molecule has 0 aromatic heterocycles. The average molecular weight is 451 g/mol. The highest BCUT2D eigenvalue weighted by Crippen LogP contribution is 2.26. The predicted octanol–water partition coefficient (Wildman–Crippen LogP) is 4.73. The van der Waals surface area contributed by atoms with Gasteiger partial charge in [-0.1, -0.05) is 55.2 Å². The van der Waals surface area contributed by atoms with Crippen molar-refractivity contribution >= 4 is 35.0 Å². The van der Waals surface area contributed by atoms with Crippen LogP contribution < -0.4 is 10.1 Å². The third-order valence-electron chi connectivity index (χ3n) is 4.73. The Morgan fingerprint density at radius 1 is 1.07 bits per heavy atom. The molecule has 7 heteroatoms. The fraction of sp³-hybridized carbons (Fsp3) is 0.391. The van der Waals surface area contributed by atoms with Gasteiger partial charge in [0.15, 0.2) is 0 Å². The van der Waals surface area contributed by atoms with Crippen molar-refractivity contribution in [1.29, 1.82) is 0 Å². The Balaban J connectivity index is 2.29. The molecule has 0 fully saturated rings. The lowest BCUT2D eigenvalue weighted by molar-refractivity contribution is -0.140. The van der Waals surface area contributed by atoms with Gasteiger partial charge in [-0.05, 0) is 48.2 Å². The SMILES string of the molecule is COc1cccc(CN(C(=O)Cc2c(Cl)cccc2Cl)C(C)C(=O)NCC(C)C)c1. The Hall–Kier alpha value is -2.24. The van der Waals surface area contributed by atoms with Crippen molar-refractivity contribution < 1.29 is 14.3 Å². The summed E-state index contributed by atoms with van der Waals surface area (Å²) in [5.41, 5.74) is 1.41. The van der Waals surface area contributed by atoms with Crippen LogP contribution in [0.25, 0.3) is 0 Å². The molecule has 0 aliphatic carbocycles. The van der Waals surface area contributed by atoms with Gasteiger partial charge in [-0.25, -0.2) is 0 Å². The molecular formula is C23H28Cl2N2O3. The maximum atomic E-state index is 13.3. The number of ether oxygens (including phenoxy) is 1. The zero-order chi connectivity index (χ0) is 22.3. The molecule has 2 aromatic carbocycles. The van der Waals surface area contributed by atoms with Gasteiger partial charge in [-0.15, -0.1) is 0 Å². The summed E-state index contributed by atoms with van der Waals surface area (Å²) >= 11 is 12.5. The van der Waals surface area contributed by atoms with Crippen LogP contribution >= 0.6 is 23.2 Å². The van der Waals surface area contributed by atoms with Gasteiger partial charge < -0.3 is 15.0 Å². The highest BCUT2D eigenvalue weighted by Gasteiger charge is 2.27. The van der Waals surface area contributed by atoms with Crippen molar-refractivity contribution in [1.82, 2.24) is 10.2 Å².